The lowest BCUT2D eigenvalue weighted by atomic mass is 9.64. The molecule has 3 aliphatic rings. The molecular formula is C32H21ClN2O3. The zero-order valence-electron chi connectivity index (χ0n) is 20.1. The minimum atomic E-state index is -1.52. The molecule has 3 heterocycles. The van der Waals surface area contributed by atoms with Crippen LogP contribution in [0, 0.1) is 5.41 Å². The molecule has 0 saturated carbocycles. The predicted octanol–water partition coefficient (Wildman–Crippen LogP) is 6.05. The fourth-order valence-electron chi connectivity index (χ4n) is 6.64. The number of hydrogen-bond donors (Lipinski definition) is 0. The molecule has 3 unspecified atom stereocenters. The number of anilines is 1. The van der Waals surface area contributed by atoms with E-state index in [1.807, 2.05) is 47.4 Å². The van der Waals surface area contributed by atoms with E-state index in [1.165, 1.54) is 0 Å². The molecule has 184 valence electrons. The molecular weight excluding hydrogens is 496 g/mol. The number of rotatable bonds is 3. The first-order valence-electron chi connectivity index (χ1n) is 12.5. The van der Waals surface area contributed by atoms with Crippen LogP contribution in [0.4, 0.5) is 5.69 Å². The van der Waals surface area contributed by atoms with Crippen LogP contribution in [-0.4, -0.2) is 34.4 Å². The molecule has 38 heavy (non-hydrogen) atoms. The summed E-state index contributed by atoms with van der Waals surface area (Å²) < 4.78 is 0. The summed E-state index contributed by atoms with van der Waals surface area (Å²) in [5, 5.41) is 0.522. The Bertz CT molecular complexity index is 1630. The van der Waals surface area contributed by atoms with Crippen molar-refractivity contribution in [1.82, 2.24) is 4.98 Å². The maximum atomic E-state index is 14.5. The molecule has 7 rings (SSSR count). The number of hydrogen-bond acceptors (Lipinski definition) is 5. The molecule has 1 spiro atoms. The summed E-state index contributed by atoms with van der Waals surface area (Å²) in [6, 6.07) is 23.7. The minimum Gasteiger partial charge on any atom is -0.352 e. The van der Waals surface area contributed by atoms with Crippen molar-refractivity contribution in [1.29, 1.82) is 0 Å². The molecule has 5 nitrogen and oxygen atoms in total. The van der Waals surface area contributed by atoms with E-state index in [1.54, 1.807) is 67.0 Å². The quantitative estimate of drug-likeness (QED) is 0.245. The topological polar surface area (TPSA) is 67.3 Å². The third kappa shape index (κ3) is 2.93. The van der Waals surface area contributed by atoms with Gasteiger partial charge in [0.15, 0.2) is 17.3 Å². The SMILES string of the molecule is O=C(c1ccc(Cl)cc1)C1C(c2cccnc2)C2(C(=O)c3ccccc3C2=O)C2C=Cc3ccccc3N12. The van der Waals surface area contributed by atoms with Crippen LogP contribution in [0.2, 0.25) is 5.02 Å². The number of carbonyl (C=O) groups is 3. The molecule has 1 aliphatic carbocycles. The lowest BCUT2D eigenvalue weighted by Gasteiger charge is -2.37. The molecule has 0 amide bonds. The number of para-hydroxylation sites is 1. The van der Waals surface area contributed by atoms with Crippen LogP contribution < -0.4 is 4.90 Å². The number of nitrogens with zero attached hydrogens (tertiary/aromatic N) is 2. The summed E-state index contributed by atoms with van der Waals surface area (Å²) in [7, 11) is 0. The second kappa shape index (κ2) is 8.33. The zero-order chi connectivity index (χ0) is 26.0. The van der Waals surface area contributed by atoms with Gasteiger partial charge in [-0.3, -0.25) is 19.4 Å². The molecule has 1 fully saturated rings. The highest BCUT2D eigenvalue weighted by Crippen LogP contribution is 2.60. The van der Waals surface area contributed by atoms with Gasteiger partial charge in [-0.05, 0) is 47.5 Å². The standard InChI is InChI=1S/C32H21ClN2O3/c33-22-14-11-20(12-15-22)29(36)28-27(21-7-5-17-34-18-21)32(30(37)23-8-2-3-9-24(23)31(32)38)26-16-13-19-6-1-4-10-25(19)35(26)28/h1-18,26-28H. The highest BCUT2D eigenvalue weighted by atomic mass is 35.5. The van der Waals surface area contributed by atoms with Gasteiger partial charge in [-0.2, -0.15) is 0 Å². The Kier molecular flexibility index (Phi) is 5.00. The van der Waals surface area contributed by atoms with Crippen LogP contribution in [0.1, 0.15) is 48.1 Å². The monoisotopic (exact) mass is 516 g/mol. The van der Waals surface area contributed by atoms with Gasteiger partial charge in [0, 0.05) is 45.7 Å². The van der Waals surface area contributed by atoms with Gasteiger partial charge in [-0.15, -0.1) is 0 Å². The van der Waals surface area contributed by atoms with Crippen LogP contribution in [0.5, 0.6) is 0 Å². The van der Waals surface area contributed by atoms with Gasteiger partial charge in [0.25, 0.3) is 0 Å². The van der Waals surface area contributed by atoms with Crippen LogP contribution >= 0.6 is 11.6 Å². The predicted molar refractivity (Wildman–Crippen MR) is 146 cm³/mol. The first kappa shape index (κ1) is 22.8. The van der Waals surface area contributed by atoms with Gasteiger partial charge >= 0.3 is 0 Å². The molecule has 1 saturated heterocycles. The fraction of sp³-hybridized carbons (Fsp3) is 0.125. The average Bonchev–Trinajstić information content (AvgIpc) is 3.40. The van der Waals surface area contributed by atoms with E-state index < -0.39 is 23.4 Å². The first-order valence-corrected chi connectivity index (χ1v) is 12.8. The van der Waals surface area contributed by atoms with E-state index in [2.05, 4.69) is 4.98 Å². The molecule has 1 aromatic heterocycles. The smallest absolute Gasteiger partial charge is 0.185 e. The van der Waals surface area contributed by atoms with Crippen LogP contribution in [0.3, 0.4) is 0 Å². The Morgan fingerprint density at radius 3 is 2.21 bits per heavy atom. The van der Waals surface area contributed by atoms with Gasteiger partial charge in [0.2, 0.25) is 0 Å². The second-order valence-corrected chi connectivity index (χ2v) is 10.4. The molecule has 2 aliphatic heterocycles. The van der Waals surface area contributed by atoms with E-state index in [0.29, 0.717) is 27.3 Å². The van der Waals surface area contributed by atoms with Crippen molar-refractivity contribution >= 4 is 40.7 Å². The molecule has 4 aromatic rings. The summed E-state index contributed by atoms with van der Waals surface area (Å²) >= 11 is 6.14. The number of halogens is 1. The summed E-state index contributed by atoms with van der Waals surface area (Å²) in [6.07, 6.45) is 7.20. The Hall–Kier alpha value is -4.35. The molecule has 0 radical (unpaired) electrons. The van der Waals surface area contributed by atoms with Gasteiger partial charge in [0.05, 0.1) is 6.04 Å². The van der Waals surface area contributed by atoms with Gasteiger partial charge in [0.1, 0.15) is 11.5 Å². The van der Waals surface area contributed by atoms with E-state index in [9.17, 15) is 14.4 Å². The Labute approximate surface area is 224 Å². The normalized spacial score (nSPS) is 22.3. The highest BCUT2D eigenvalue weighted by molar-refractivity contribution is 6.32. The number of fused-ring (bicyclic) bond motifs is 5. The van der Waals surface area contributed by atoms with Crippen molar-refractivity contribution in [2.24, 2.45) is 5.41 Å². The Balaban J connectivity index is 1.54. The number of benzene rings is 3. The Morgan fingerprint density at radius 2 is 1.53 bits per heavy atom. The second-order valence-electron chi connectivity index (χ2n) is 9.92. The van der Waals surface area contributed by atoms with Crippen molar-refractivity contribution < 1.29 is 14.4 Å². The number of carbonyl (C=O) groups excluding carboxylic acids is 3. The minimum absolute atomic E-state index is 0.181. The van der Waals surface area contributed by atoms with Crippen LogP contribution in [-0.2, 0) is 0 Å². The van der Waals surface area contributed by atoms with Crippen molar-refractivity contribution in [2.75, 3.05) is 4.90 Å². The first-order chi connectivity index (χ1) is 18.5. The third-order valence-corrected chi connectivity index (χ3v) is 8.41. The van der Waals surface area contributed by atoms with Crippen molar-refractivity contribution in [3.05, 3.63) is 136 Å². The molecule has 0 N–H and O–H groups in total. The summed E-state index contributed by atoms with van der Waals surface area (Å²) in [5.74, 6) is -1.46. The van der Waals surface area contributed by atoms with Gasteiger partial charge in [-0.25, -0.2) is 0 Å². The summed E-state index contributed by atoms with van der Waals surface area (Å²) in [5.41, 5.74) is 2.16. The highest BCUT2D eigenvalue weighted by Gasteiger charge is 2.71. The van der Waals surface area contributed by atoms with Crippen molar-refractivity contribution in [3.63, 3.8) is 0 Å². The van der Waals surface area contributed by atoms with Crippen LogP contribution in [0.15, 0.2) is 103 Å². The van der Waals surface area contributed by atoms with Crippen molar-refractivity contribution in [2.45, 2.75) is 18.0 Å². The maximum absolute atomic E-state index is 14.5. The van der Waals surface area contributed by atoms with Gasteiger partial charge < -0.3 is 4.90 Å². The average molecular weight is 517 g/mol. The molecule has 6 heteroatoms. The number of pyridine rings is 1. The van der Waals surface area contributed by atoms with E-state index >= 15 is 0 Å². The number of Topliss-reactive ketones (excluding diaryl/α,β-unsaturated/α-hetero) is 3. The molecule has 3 atom stereocenters. The maximum Gasteiger partial charge on any atom is 0.185 e. The van der Waals surface area contributed by atoms with Crippen molar-refractivity contribution in [3.8, 4) is 0 Å². The van der Waals surface area contributed by atoms with Gasteiger partial charge in [-0.1, -0.05) is 72.3 Å². The number of aromatic nitrogens is 1. The van der Waals surface area contributed by atoms with Crippen LogP contribution in [0.25, 0.3) is 6.08 Å². The van der Waals surface area contributed by atoms with E-state index in [0.717, 1.165) is 11.3 Å². The molecule has 3 aromatic carbocycles. The zero-order valence-corrected chi connectivity index (χ0v) is 20.9. The largest absolute Gasteiger partial charge is 0.352 e. The lowest BCUT2D eigenvalue weighted by Crippen LogP contribution is -2.48. The summed E-state index contributed by atoms with van der Waals surface area (Å²) in [6.45, 7) is 0. The Morgan fingerprint density at radius 1 is 0.842 bits per heavy atom. The fourth-order valence-corrected chi connectivity index (χ4v) is 6.76. The number of ketones is 3. The third-order valence-electron chi connectivity index (χ3n) is 8.15. The molecule has 0 bridgehead atoms. The lowest BCUT2D eigenvalue weighted by molar-refractivity contribution is 0.0666. The van der Waals surface area contributed by atoms with E-state index in [4.69, 9.17) is 11.6 Å². The summed E-state index contributed by atoms with van der Waals surface area (Å²) in [4.78, 5) is 49.8. The van der Waals surface area contributed by atoms with E-state index in [-0.39, 0.29) is 17.3 Å².